The fourth-order valence-corrected chi connectivity index (χ4v) is 2.09. The van der Waals surface area contributed by atoms with Gasteiger partial charge < -0.3 is 14.8 Å². The van der Waals surface area contributed by atoms with Gasteiger partial charge in [-0.25, -0.2) is 0 Å². The van der Waals surface area contributed by atoms with Crippen LogP contribution in [0.1, 0.15) is 5.56 Å². The lowest BCUT2D eigenvalue weighted by atomic mass is 10.2. The van der Waals surface area contributed by atoms with Crippen molar-refractivity contribution in [3.05, 3.63) is 53.1 Å². The second-order valence-electron chi connectivity index (χ2n) is 4.28. The summed E-state index contributed by atoms with van der Waals surface area (Å²) >= 11 is 6.00. The van der Waals surface area contributed by atoms with Crippen LogP contribution in [0.2, 0.25) is 5.02 Å². The highest BCUT2D eigenvalue weighted by atomic mass is 35.5. The first-order valence-electron chi connectivity index (χ1n) is 6.39. The van der Waals surface area contributed by atoms with Gasteiger partial charge in [-0.05, 0) is 30.3 Å². The fraction of sp³-hybridized carbons (Fsp3) is 0.188. The predicted molar refractivity (Wildman–Crippen MR) is 82.9 cm³/mol. The lowest BCUT2D eigenvalue weighted by Gasteiger charge is -2.12. The van der Waals surface area contributed by atoms with Crippen LogP contribution < -0.4 is 14.8 Å². The number of nitrogens with zero attached hydrogens (tertiary/aromatic N) is 1. The van der Waals surface area contributed by atoms with E-state index in [1.165, 1.54) is 0 Å². The Labute approximate surface area is 128 Å². The van der Waals surface area contributed by atoms with Crippen molar-refractivity contribution in [2.45, 2.75) is 6.54 Å². The number of ether oxygens (including phenoxy) is 2. The average molecular weight is 303 g/mol. The molecule has 0 spiro atoms. The molecule has 0 aliphatic heterocycles. The Bertz CT molecular complexity index is 653. The highest BCUT2D eigenvalue weighted by molar-refractivity contribution is 6.30. The normalized spacial score (nSPS) is 9.76. The number of benzene rings is 2. The summed E-state index contributed by atoms with van der Waals surface area (Å²) in [6.45, 7) is 0.608. The third kappa shape index (κ3) is 4.30. The molecule has 0 aromatic heterocycles. The van der Waals surface area contributed by atoms with E-state index in [1.807, 2.05) is 42.5 Å². The minimum absolute atomic E-state index is 0.0333. The maximum Gasteiger partial charge on any atom is 0.174 e. The molecule has 0 radical (unpaired) electrons. The van der Waals surface area contributed by atoms with Crippen LogP contribution in [-0.4, -0.2) is 13.7 Å². The predicted octanol–water partition coefficient (Wildman–Crippen LogP) is 3.86. The molecule has 0 saturated carbocycles. The third-order valence-corrected chi connectivity index (χ3v) is 3.10. The van der Waals surface area contributed by atoms with E-state index in [2.05, 4.69) is 5.32 Å². The highest BCUT2D eigenvalue weighted by Crippen LogP contribution is 2.24. The number of nitrogens with one attached hydrogen (secondary N) is 1. The smallest absolute Gasteiger partial charge is 0.174 e. The zero-order chi connectivity index (χ0) is 15.1. The van der Waals surface area contributed by atoms with E-state index >= 15 is 0 Å². The Hall–Kier alpha value is -2.38. The number of hydrogen-bond acceptors (Lipinski definition) is 4. The van der Waals surface area contributed by atoms with Crippen LogP contribution in [-0.2, 0) is 6.54 Å². The molecule has 0 heterocycles. The fourth-order valence-electron chi connectivity index (χ4n) is 1.89. The molecule has 2 rings (SSSR count). The molecule has 0 saturated heterocycles. The second kappa shape index (κ2) is 7.41. The lowest BCUT2D eigenvalue weighted by molar-refractivity contribution is 0.368. The maximum absolute atomic E-state index is 8.52. The molecule has 0 unspecified atom stereocenters. The van der Waals surface area contributed by atoms with Crippen molar-refractivity contribution in [3.8, 4) is 17.6 Å². The van der Waals surface area contributed by atoms with Gasteiger partial charge in [-0.3, -0.25) is 0 Å². The maximum atomic E-state index is 8.52. The summed E-state index contributed by atoms with van der Waals surface area (Å²) in [6, 6.07) is 14.9. The van der Waals surface area contributed by atoms with Gasteiger partial charge in [-0.1, -0.05) is 17.7 Å². The molecule has 1 N–H and O–H groups in total. The summed E-state index contributed by atoms with van der Waals surface area (Å²) in [4.78, 5) is 0. The van der Waals surface area contributed by atoms with E-state index in [9.17, 15) is 0 Å². The van der Waals surface area contributed by atoms with Gasteiger partial charge in [0.25, 0.3) is 0 Å². The Kier molecular flexibility index (Phi) is 5.30. The standard InChI is InChI=1S/C16H15ClN2O2/c1-20-16-6-5-13(17)9-12(16)11-19-14-3-2-4-15(10-14)21-8-7-18/h2-6,9-10,19H,8,11H2,1H3. The van der Waals surface area contributed by atoms with Crippen molar-refractivity contribution in [1.29, 1.82) is 5.26 Å². The summed E-state index contributed by atoms with van der Waals surface area (Å²) in [6.07, 6.45) is 0. The van der Waals surface area contributed by atoms with E-state index in [-0.39, 0.29) is 6.61 Å². The Balaban J connectivity index is 2.06. The molecule has 4 nitrogen and oxygen atoms in total. The molecule has 5 heteroatoms. The van der Waals surface area contributed by atoms with Crippen molar-refractivity contribution in [2.24, 2.45) is 0 Å². The second-order valence-corrected chi connectivity index (χ2v) is 4.72. The Morgan fingerprint density at radius 3 is 2.86 bits per heavy atom. The van der Waals surface area contributed by atoms with E-state index in [0.29, 0.717) is 17.3 Å². The summed E-state index contributed by atoms with van der Waals surface area (Å²) in [7, 11) is 1.63. The molecule has 2 aromatic rings. The number of halogens is 1. The van der Waals surface area contributed by atoms with Crippen LogP contribution in [0.4, 0.5) is 5.69 Å². The first-order valence-corrected chi connectivity index (χ1v) is 6.77. The minimum atomic E-state index is 0.0333. The zero-order valence-electron chi connectivity index (χ0n) is 11.6. The van der Waals surface area contributed by atoms with E-state index in [0.717, 1.165) is 17.0 Å². The van der Waals surface area contributed by atoms with Crippen molar-refractivity contribution < 1.29 is 9.47 Å². The first kappa shape index (κ1) is 15.0. The van der Waals surface area contributed by atoms with Crippen LogP contribution in [0.3, 0.4) is 0 Å². The van der Waals surface area contributed by atoms with Crippen LogP contribution >= 0.6 is 11.6 Å². The van der Waals surface area contributed by atoms with Crippen molar-refractivity contribution in [1.82, 2.24) is 0 Å². The van der Waals surface area contributed by atoms with Gasteiger partial charge in [0, 0.05) is 28.9 Å². The van der Waals surface area contributed by atoms with E-state index in [1.54, 1.807) is 13.2 Å². The van der Waals surface area contributed by atoms with Crippen LogP contribution in [0.25, 0.3) is 0 Å². The van der Waals surface area contributed by atoms with Crippen LogP contribution in [0.15, 0.2) is 42.5 Å². The number of nitriles is 1. The van der Waals surface area contributed by atoms with Gasteiger partial charge in [0.15, 0.2) is 6.61 Å². The van der Waals surface area contributed by atoms with Gasteiger partial charge >= 0.3 is 0 Å². The number of hydrogen-bond donors (Lipinski definition) is 1. The van der Waals surface area contributed by atoms with Crippen LogP contribution in [0, 0.1) is 11.3 Å². The summed E-state index contributed by atoms with van der Waals surface area (Å²) in [5, 5.41) is 12.5. The number of rotatable bonds is 6. The summed E-state index contributed by atoms with van der Waals surface area (Å²) in [5.41, 5.74) is 1.86. The Morgan fingerprint density at radius 2 is 2.10 bits per heavy atom. The van der Waals surface area contributed by atoms with Gasteiger partial charge in [-0.2, -0.15) is 5.26 Å². The largest absolute Gasteiger partial charge is 0.496 e. The van der Waals surface area contributed by atoms with Crippen molar-refractivity contribution in [2.75, 3.05) is 19.0 Å². The zero-order valence-corrected chi connectivity index (χ0v) is 12.4. The van der Waals surface area contributed by atoms with Gasteiger partial charge in [0.05, 0.1) is 7.11 Å². The summed E-state index contributed by atoms with van der Waals surface area (Å²) in [5.74, 6) is 1.43. The summed E-state index contributed by atoms with van der Waals surface area (Å²) < 4.78 is 10.6. The number of anilines is 1. The molecule has 21 heavy (non-hydrogen) atoms. The molecular formula is C16H15ClN2O2. The highest BCUT2D eigenvalue weighted by Gasteiger charge is 2.04. The first-order chi connectivity index (χ1) is 10.2. The molecule has 0 aliphatic rings. The molecule has 108 valence electrons. The average Bonchev–Trinajstić information content (AvgIpc) is 2.51. The molecule has 0 fully saturated rings. The third-order valence-electron chi connectivity index (χ3n) is 2.86. The van der Waals surface area contributed by atoms with Crippen molar-refractivity contribution in [3.63, 3.8) is 0 Å². The van der Waals surface area contributed by atoms with Gasteiger partial charge in [-0.15, -0.1) is 0 Å². The van der Waals surface area contributed by atoms with Crippen molar-refractivity contribution >= 4 is 17.3 Å². The Morgan fingerprint density at radius 1 is 1.24 bits per heavy atom. The minimum Gasteiger partial charge on any atom is -0.496 e. The molecular weight excluding hydrogens is 288 g/mol. The molecule has 0 aliphatic carbocycles. The number of methoxy groups -OCH3 is 1. The van der Waals surface area contributed by atoms with E-state index < -0.39 is 0 Å². The van der Waals surface area contributed by atoms with Gasteiger partial charge in [0.1, 0.15) is 17.6 Å². The molecule has 2 aromatic carbocycles. The SMILES string of the molecule is COc1ccc(Cl)cc1CNc1cccc(OCC#N)c1. The topological polar surface area (TPSA) is 54.3 Å². The monoisotopic (exact) mass is 302 g/mol. The van der Waals surface area contributed by atoms with Gasteiger partial charge in [0.2, 0.25) is 0 Å². The molecule has 0 atom stereocenters. The van der Waals surface area contributed by atoms with Crippen LogP contribution in [0.5, 0.6) is 11.5 Å². The molecule has 0 bridgehead atoms. The van der Waals surface area contributed by atoms with E-state index in [4.69, 9.17) is 26.3 Å². The molecule has 0 amide bonds. The quantitative estimate of drug-likeness (QED) is 0.880. The lowest BCUT2D eigenvalue weighted by Crippen LogP contribution is -2.02.